The van der Waals surface area contributed by atoms with Crippen molar-refractivity contribution in [3.8, 4) is 23.7 Å². The predicted molar refractivity (Wildman–Crippen MR) is 82.8 cm³/mol. The molecule has 0 aliphatic carbocycles. The summed E-state index contributed by atoms with van der Waals surface area (Å²) >= 11 is 0. The molecule has 0 saturated heterocycles. The molecule has 1 atom stereocenters. The molecule has 0 fully saturated rings. The summed E-state index contributed by atoms with van der Waals surface area (Å²) in [5.74, 6) is 11.9. The summed E-state index contributed by atoms with van der Waals surface area (Å²) in [6.45, 7) is 0.756. The molecule has 0 saturated carbocycles. The van der Waals surface area contributed by atoms with Crippen LogP contribution in [0.25, 0.3) is 0 Å². The Balaban J connectivity index is 2.66. The number of Topliss-reactive ketones (excluding diaryl/α,β-unsaturated/α-hetero) is 1. The molecule has 1 unspecified atom stereocenters. The third kappa shape index (κ3) is 7.32. The van der Waals surface area contributed by atoms with Gasteiger partial charge in [-0.15, -0.1) is 0 Å². The van der Waals surface area contributed by atoms with Crippen LogP contribution in [-0.2, 0) is 9.47 Å². The average molecular weight is 284 g/mol. The maximum Gasteiger partial charge on any atom is 0.164 e. The van der Waals surface area contributed by atoms with E-state index in [9.17, 15) is 4.79 Å². The van der Waals surface area contributed by atoms with Gasteiger partial charge in [0.1, 0.15) is 13.2 Å². The van der Waals surface area contributed by atoms with E-state index in [-0.39, 0.29) is 11.7 Å². The first-order valence-corrected chi connectivity index (χ1v) is 6.78. The van der Waals surface area contributed by atoms with Crippen LogP contribution in [0.3, 0.4) is 0 Å². The Morgan fingerprint density at radius 1 is 1.05 bits per heavy atom. The zero-order chi connectivity index (χ0) is 15.3. The van der Waals surface area contributed by atoms with E-state index in [1.165, 1.54) is 0 Å². The van der Waals surface area contributed by atoms with Crippen molar-refractivity contribution in [2.24, 2.45) is 5.92 Å². The zero-order valence-electron chi connectivity index (χ0n) is 12.5. The lowest BCUT2D eigenvalue weighted by Crippen LogP contribution is -2.07. The smallest absolute Gasteiger partial charge is 0.164 e. The Bertz CT molecular complexity index is 541. The van der Waals surface area contributed by atoms with Gasteiger partial charge < -0.3 is 9.47 Å². The first-order chi connectivity index (χ1) is 10.3. The number of carbonyl (C=O) groups excluding carboxylic acids is 1. The number of methoxy groups -OCH3 is 2. The summed E-state index contributed by atoms with van der Waals surface area (Å²) in [5, 5.41) is 0. The molecule has 0 heterocycles. The maximum absolute atomic E-state index is 12.2. The normalized spacial score (nSPS) is 10.8. The highest BCUT2D eigenvalue weighted by Gasteiger charge is 2.12. The van der Waals surface area contributed by atoms with Gasteiger partial charge in [0, 0.05) is 38.5 Å². The predicted octanol–water partition coefficient (Wildman–Crippen LogP) is 2.57. The lowest BCUT2D eigenvalue weighted by molar-refractivity contribution is 0.0971. The number of rotatable bonds is 6. The SMILES string of the molecule is COCC#CCC(C#CCOC)CC(=O)c1ccccc1. The van der Waals surface area contributed by atoms with Gasteiger partial charge in [-0.05, 0) is 0 Å². The maximum atomic E-state index is 12.2. The Kier molecular flexibility index (Phi) is 8.64. The highest BCUT2D eigenvalue weighted by Crippen LogP contribution is 2.12. The molecule has 1 aromatic carbocycles. The lowest BCUT2D eigenvalue weighted by Gasteiger charge is -2.06. The highest BCUT2D eigenvalue weighted by molar-refractivity contribution is 5.96. The second-order valence-electron chi connectivity index (χ2n) is 4.44. The van der Waals surface area contributed by atoms with E-state index in [1.807, 2.05) is 30.3 Å². The van der Waals surface area contributed by atoms with Gasteiger partial charge in [0.25, 0.3) is 0 Å². The molecule has 3 heteroatoms. The number of ether oxygens (including phenoxy) is 2. The molecule has 0 N–H and O–H groups in total. The molecule has 21 heavy (non-hydrogen) atoms. The van der Waals surface area contributed by atoms with E-state index in [0.717, 1.165) is 0 Å². The molecule has 0 radical (unpaired) electrons. The topological polar surface area (TPSA) is 35.5 Å². The van der Waals surface area contributed by atoms with Gasteiger partial charge in [-0.1, -0.05) is 54.0 Å². The van der Waals surface area contributed by atoms with Crippen LogP contribution >= 0.6 is 0 Å². The Morgan fingerprint density at radius 2 is 1.71 bits per heavy atom. The quantitative estimate of drug-likeness (QED) is 0.595. The highest BCUT2D eigenvalue weighted by atomic mass is 16.5. The molecule has 110 valence electrons. The Labute approximate surface area is 126 Å². The summed E-state index contributed by atoms with van der Waals surface area (Å²) in [4.78, 5) is 12.2. The lowest BCUT2D eigenvalue weighted by atomic mass is 9.96. The van der Waals surface area contributed by atoms with Crippen LogP contribution in [0, 0.1) is 29.6 Å². The van der Waals surface area contributed by atoms with Crippen LogP contribution in [0.15, 0.2) is 30.3 Å². The summed E-state index contributed by atoms with van der Waals surface area (Å²) < 4.78 is 9.79. The van der Waals surface area contributed by atoms with E-state index in [1.54, 1.807) is 14.2 Å². The largest absolute Gasteiger partial charge is 0.372 e. The second kappa shape index (κ2) is 10.7. The minimum Gasteiger partial charge on any atom is -0.372 e. The molecular formula is C18H20O3. The van der Waals surface area contributed by atoms with Gasteiger partial charge in [0.2, 0.25) is 0 Å². The number of ketones is 1. The van der Waals surface area contributed by atoms with Crippen molar-refractivity contribution < 1.29 is 14.3 Å². The van der Waals surface area contributed by atoms with Gasteiger partial charge in [0.05, 0.1) is 0 Å². The van der Waals surface area contributed by atoms with Gasteiger partial charge in [-0.25, -0.2) is 0 Å². The van der Waals surface area contributed by atoms with Gasteiger partial charge in [0.15, 0.2) is 5.78 Å². The molecular weight excluding hydrogens is 264 g/mol. The van der Waals surface area contributed by atoms with Crippen LogP contribution in [0.5, 0.6) is 0 Å². The number of benzene rings is 1. The second-order valence-corrected chi connectivity index (χ2v) is 4.44. The van der Waals surface area contributed by atoms with Crippen molar-refractivity contribution in [3.05, 3.63) is 35.9 Å². The van der Waals surface area contributed by atoms with Crippen LogP contribution in [0.1, 0.15) is 23.2 Å². The van der Waals surface area contributed by atoms with Crippen LogP contribution in [-0.4, -0.2) is 33.2 Å². The Morgan fingerprint density at radius 3 is 2.38 bits per heavy atom. The molecule has 0 spiro atoms. The van der Waals surface area contributed by atoms with Crippen molar-refractivity contribution in [1.29, 1.82) is 0 Å². The van der Waals surface area contributed by atoms with Crippen molar-refractivity contribution in [1.82, 2.24) is 0 Å². The third-order valence-electron chi connectivity index (χ3n) is 2.74. The van der Waals surface area contributed by atoms with Gasteiger partial charge >= 0.3 is 0 Å². The molecule has 0 amide bonds. The molecule has 1 rings (SSSR count). The average Bonchev–Trinajstić information content (AvgIpc) is 2.52. The van der Waals surface area contributed by atoms with Crippen molar-refractivity contribution in [2.75, 3.05) is 27.4 Å². The van der Waals surface area contributed by atoms with E-state index in [0.29, 0.717) is 31.6 Å². The third-order valence-corrected chi connectivity index (χ3v) is 2.74. The standard InChI is InChI=1S/C18H20O3/c1-20-13-7-6-9-16(10-8-14-21-2)15-18(19)17-11-4-3-5-12-17/h3-5,11-12,16H,9,13-15H2,1-2H3. The summed E-state index contributed by atoms with van der Waals surface area (Å²) in [7, 11) is 3.20. The minimum absolute atomic E-state index is 0.0841. The van der Waals surface area contributed by atoms with E-state index in [2.05, 4.69) is 23.7 Å². The number of carbonyl (C=O) groups is 1. The van der Waals surface area contributed by atoms with Gasteiger partial charge in [-0.3, -0.25) is 4.79 Å². The molecule has 0 aliphatic heterocycles. The fraction of sp³-hybridized carbons (Fsp3) is 0.389. The summed E-state index contributed by atoms with van der Waals surface area (Å²) in [6, 6.07) is 9.24. The minimum atomic E-state index is -0.0859. The summed E-state index contributed by atoms with van der Waals surface area (Å²) in [5.41, 5.74) is 0.709. The van der Waals surface area contributed by atoms with Crippen LogP contribution in [0.4, 0.5) is 0 Å². The molecule has 3 nitrogen and oxygen atoms in total. The van der Waals surface area contributed by atoms with E-state index >= 15 is 0 Å². The number of hydrogen-bond donors (Lipinski definition) is 0. The van der Waals surface area contributed by atoms with Gasteiger partial charge in [-0.2, -0.15) is 0 Å². The zero-order valence-corrected chi connectivity index (χ0v) is 12.5. The van der Waals surface area contributed by atoms with Crippen molar-refractivity contribution in [3.63, 3.8) is 0 Å². The van der Waals surface area contributed by atoms with Crippen LogP contribution < -0.4 is 0 Å². The fourth-order valence-electron chi connectivity index (χ4n) is 1.72. The molecule has 1 aromatic rings. The first kappa shape index (κ1) is 17.0. The van der Waals surface area contributed by atoms with Crippen LogP contribution in [0.2, 0.25) is 0 Å². The molecule has 0 aromatic heterocycles. The number of hydrogen-bond acceptors (Lipinski definition) is 3. The van der Waals surface area contributed by atoms with Crippen molar-refractivity contribution in [2.45, 2.75) is 12.8 Å². The van der Waals surface area contributed by atoms with E-state index < -0.39 is 0 Å². The van der Waals surface area contributed by atoms with Crippen molar-refractivity contribution >= 4 is 5.78 Å². The fourth-order valence-corrected chi connectivity index (χ4v) is 1.72. The summed E-state index contributed by atoms with van der Waals surface area (Å²) in [6.07, 6.45) is 0.918. The Hall–Kier alpha value is -2.07. The van der Waals surface area contributed by atoms with E-state index in [4.69, 9.17) is 9.47 Å². The monoisotopic (exact) mass is 284 g/mol. The molecule has 0 aliphatic rings. The first-order valence-electron chi connectivity index (χ1n) is 6.78. The molecule has 0 bridgehead atoms.